The molecule has 0 radical (unpaired) electrons. The van der Waals surface area contributed by atoms with Crippen molar-refractivity contribution in [1.29, 1.82) is 0 Å². The van der Waals surface area contributed by atoms with Crippen LogP contribution in [0.4, 0.5) is 0 Å². The second kappa shape index (κ2) is 6.36. The number of hydrogen-bond acceptors (Lipinski definition) is 3. The third-order valence-electron chi connectivity index (χ3n) is 4.81. The third-order valence-corrected chi connectivity index (χ3v) is 4.81. The monoisotopic (exact) mass is 254 g/mol. The van der Waals surface area contributed by atoms with Gasteiger partial charge in [0.05, 0.1) is 5.60 Å². The largest absolute Gasteiger partial charge is 0.389 e. The third kappa shape index (κ3) is 4.22. The van der Waals surface area contributed by atoms with Gasteiger partial charge in [-0.05, 0) is 64.1 Å². The van der Waals surface area contributed by atoms with Crippen molar-refractivity contribution in [2.75, 3.05) is 26.2 Å². The highest BCUT2D eigenvalue weighted by molar-refractivity contribution is 4.85. The Morgan fingerprint density at radius 2 is 1.72 bits per heavy atom. The van der Waals surface area contributed by atoms with Gasteiger partial charge in [0.25, 0.3) is 0 Å². The lowest BCUT2D eigenvalue weighted by molar-refractivity contribution is -0.0115. The van der Waals surface area contributed by atoms with E-state index in [4.69, 9.17) is 0 Å². The Balaban J connectivity index is 1.65. The molecular formula is C15H30N2O. The van der Waals surface area contributed by atoms with Gasteiger partial charge in [-0.2, -0.15) is 0 Å². The molecule has 2 aliphatic rings. The first-order valence-electron chi connectivity index (χ1n) is 7.83. The molecule has 106 valence electrons. The van der Waals surface area contributed by atoms with Gasteiger partial charge in [0.2, 0.25) is 0 Å². The first kappa shape index (κ1) is 14.3. The summed E-state index contributed by atoms with van der Waals surface area (Å²) in [6, 6.07) is 0.841. The number of β-amino-alcohol motifs (C(OH)–C–C–N with tert-alkyl or cyclic N) is 1. The standard InChI is InChI=1S/C15H30N2O/c1-3-15(18,4-2)12-17-9-7-13(8-10-17)11-16-14-5-6-14/h13-14,16,18H,3-12H2,1-2H3. The van der Waals surface area contributed by atoms with Gasteiger partial charge in [0.15, 0.2) is 0 Å². The van der Waals surface area contributed by atoms with Gasteiger partial charge in [-0.1, -0.05) is 13.8 Å². The van der Waals surface area contributed by atoms with Crippen molar-refractivity contribution in [3.63, 3.8) is 0 Å². The van der Waals surface area contributed by atoms with Crippen LogP contribution in [-0.4, -0.2) is 47.8 Å². The average molecular weight is 254 g/mol. The maximum atomic E-state index is 10.4. The van der Waals surface area contributed by atoms with Crippen LogP contribution in [0.15, 0.2) is 0 Å². The predicted molar refractivity (Wildman–Crippen MR) is 75.7 cm³/mol. The Labute approximate surface area is 112 Å². The highest BCUT2D eigenvalue weighted by atomic mass is 16.3. The normalized spacial score (nSPS) is 23.5. The molecule has 2 fully saturated rings. The first-order chi connectivity index (χ1) is 8.65. The lowest BCUT2D eigenvalue weighted by atomic mass is 9.92. The van der Waals surface area contributed by atoms with Gasteiger partial charge in [-0.25, -0.2) is 0 Å². The van der Waals surface area contributed by atoms with E-state index >= 15 is 0 Å². The molecule has 1 aliphatic heterocycles. The molecule has 1 heterocycles. The Kier molecular flexibility index (Phi) is 5.05. The molecule has 3 nitrogen and oxygen atoms in total. The zero-order chi connectivity index (χ0) is 13.0. The fraction of sp³-hybridized carbons (Fsp3) is 1.00. The van der Waals surface area contributed by atoms with Crippen LogP contribution >= 0.6 is 0 Å². The average Bonchev–Trinajstić information content (AvgIpc) is 3.22. The van der Waals surface area contributed by atoms with Crippen LogP contribution in [0, 0.1) is 5.92 Å². The molecule has 0 amide bonds. The Morgan fingerprint density at radius 3 is 2.22 bits per heavy atom. The molecule has 2 N–H and O–H groups in total. The van der Waals surface area contributed by atoms with Crippen molar-refractivity contribution < 1.29 is 5.11 Å². The van der Waals surface area contributed by atoms with Gasteiger partial charge >= 0.3 is 0 Å². The Hall–Kier alpha value is -0.120. The van der Waals surface area contributed by atoms with E-state index in [0.29, 0.717) is 0 Å². The van der Waals surface area contributed by atoms with E-state index in [9.17, 15) is 5.11 Å². The smallest absolute Gasteiger partial charge is 0.0768 e. The number of nitrogens with one attached hydrogen (secondary N) is 1. The molecule has 0 atom stereocenters. The summed E-state index contributed by atoms with van der Waals surface area (Å²) >= 11 is 0. The number of likely N-dealkylation sites (tertiary alicyclic amines) is 1. The molecule has 1 saturated carbocycles. The lowest BCUT2D eigenvalue weighted by Crippen LogP contribution is -2.46. The van der Waals surface area contributed by atoms with E-state index < -0.39 is 5.60 Å². The zero-order valence-corrected chi connectivity index (χ0v) is 12.1. The highest BCUT2D eigenvalue weighted by Gasteiger charge is 2.29. The second-order valence-corrected chi connectivity index (χ2v) is 6.33. The van der Waals surface area contributed by atoms with Gasteiger partial charge in [0.1, 0.15) is 0 Å². The molecule has 0 unspecified atom stereocenters. The lowest BCUT2D eigenvalue weighted by Gasteiger charge is -2.37. The van der Waals surface area contributed by atoms with Crippen LogP contribution in [0.3, 0.4) is 0 Å². The zero-order valence-electron chi connectivity index (χ0n) is 12.1. The van der Waals surface area contributed by atoms with E-state index in [1.54, 1.807) is 0 Å². The van der Waals surface area contributed by atoms with Crippen LogP contribution in [0.1, 0.15) is 52.4 Å². The second-order valence-electron chi connectivity index (χ2n) is 6.33. The van der Waals surface area contributed by atoms with Crippen LogP contribution in [0.2, 0.25) is 0 Å². The molecule has 18 heavy (non-hydrogen) atoms. The summed E-state index contributed by atoms with van der Waals surface area (Å²) in [5.74, 6) is 0.859. The van der Waals surface area contributed by atoms with Crippen LogP contribution in [0.5, 0.6) is 0 Å². The Morgan fingerprint density at radius 1 is 1.11 bits per heavy atom. The maximum Gasteiger partial charge on any atom is 0.0768 e. The number of nitrogens with zero attached hydrogens (tertiary/aromatic N) is 1. The minimum absolute atomic E-state index is 0.459. The summed E-state index contributed by atoms with van der Waals surface area (Å²) in [6.45, 7) is 8.59. The minimum Gasteiger partial charge on any atom is -0.389 e. The predicted octanol–water partition coefficient (Wildman–Crippen LogP) is 2.00. The molecule has 0 aromatic carbocycles. The van der Waals surface area contributed by atoms with Crippen molar-refractivity contribution in [2.45, 2.75) is 64.0 Å². The summed E-state index contributed by atoms with van der Waals surface area (Å²) < 4.78 is 0. The first-order valence-corrected chi connectivity index (χ1v) is 7.83. The minimum atomic E-state index is -0.459. The van der Waals surface area contributed by atoms with Crippen molar-refractivity contribution in [3.05, 3.63) is 0 Å². The number of piperidine rings is 1. The topological polar surface area (TPSA) is 35.5 Å². The SMILES string of the molecule is CCC(O)(CC)CN1CCC(CNC2CC2)CC1. The van der Waals surface area contributed by atoms with Crippen molar-refractivity contribution in [2.24, 2.45) is 5.92 Å². The van der Waals surface area contributed by atoms with Crippen molar-refractivity contribution in [3.8, 4) is 0 Å². The van der Waals surface area contributed by atoms with E-state index in [1.165, 1.54) is 45.3 Å². The fourth-order valence-electron chi connectivity index (χ4n) is 2.86. The van der Waals surface area contributed by atoms with Gasteiger partial charge in [-0.3, -0.25) is 0 Å². The summed E-state index contributed by atoms with van der Waals surface area (Å²) in [4.78, 5) is 2.46. The summed E-state index contributed by atoms with van der Waals surface area (Å²) in [5.41, 5.74) is -0.459. The number of aliphatic hydroxyl groups is 1. The molecule has 0 aromatic rings. The summed E-state index contributed by atoms with van der Waals surface area (Å²) in [7, 11) is 0. The van der Waals surface area contributed by atoms with Crippen LogP contribution < -0.4 is 5.32 Å². The molecule has 2 rings (SSSR count). The molecule has 0 aromatic heterocycles. The highest BCUT2D eigenvalue weighted by Crippen LogP contribution is 2.24. The van der Waals surface area contributed by atoms with Crippen LogP contribution in [-0.2, 0) is 0 Å². The van der Waals surface area contributed by atoms with Gasteiger partial charge < -0.3 is 15.3 Å². The molecule has 1 aliphatic carbocycles. The summed E-state index contributed by atoms with van der Waals surface area (Å²) in [6.07, 6.45) is 7.10. The molecule has 3 heteroatoms. The van der Waals surface area contributed by atoms with Crippen LogP contribution in [0.25, 0.3) is 0 Å². The van der Waals surface area contributed by atoms with Crippen molar-refractivity contribution in [1.82, 2.24) is 10.2 Å². The summed E-state index contributed by atoms with van der Waals surface area (Å²) in [5, 5.41) is 14.0. The quantitative estimate of drug-likeness (QED) is 0.729. The van der Waals surface area contributed by atoms with Crippen molar-refractivity contribution >= 4 is 0 Å². The van der Waals surface area contributed by atoms with E-state index in [0.717, 1.165) is 31.3 Å². The van der Waals surface area contributed by atoms with Gasteiger partial charge in [0, 0.05) is 12.6 Å². The maximum absolute atomic E-state index is 10.4. The van der Waals surface area contributed by atoms with Gasteiger partial charge in [-0.15, -0.1) is 0 Å². The number of hydrogen-bond donors (Lipinski definition) is 2. The molecule has 1 saturated heterocycles. The molecule has 0 spiro atoms. The Bertz CT molecular complexity index is 241. The molecule has 0 bridgehead atoms. The fourth-order valence-corrected chi connectivity index (χ4v) is 2.86. The van der Waals surface area contributed by atoms with E-state index in [1.807, 2.05) is 0 Å². The van der Waals surface area contributed by atoms with E-state index in [2.05, 4.69) is 24.1 Å². The number of rotatable bonds is 7. The van der Waals surface area contributed by atoms with E-state index in [-0.39, 0.29) is 0 Å². The molecular weight excluding hydrogens is 224 g/mol.